The second-order valence-electron chi connectivity index (χ2n) is 3.87. The standard InChI is InChI=1S/C13H16ClNO5/c1-4-19-11-9(14)5-8(6-10(11)18-3)13(17)20-7(2)12(15)16/h5-7H,4H2,1-3H3,(H2,15,16)/t7-/m1/s1. The Balaban J connectivity index is 3.05. The smallest absolute Gasteiger partial charge is 0.339 e. The van der Waals surface area contributed by atoms with Gasteiger partial charge in [-0.3, -0.25) is 4.79 Å². The third-order valence-electron chi connectivity index (χ3n) is 2.44. The first kappa shape index (κ1) is 16.1. The van der Waals surface area contributed by atoms with Crippen molar-refractivity contribution in [3.63, 3.8) is 0 Å². The first-order valence-corrected chi connectivity index (χ1v) is 6.29. The molecule has 0 aromatic heterocycles. The van der Waals surface area contributed by atoms with E-state index >= 15 is 0 Å². The van der Waals surface area contributed by atoms with Crippen LogP contribution in [-0.2, 0) is 9.53 Å². The molecule has 7 heteroatoms. The number of ether oxygens (including phenoxy) is 3. The fourth-order valence-electron chi connectivity index (χ4n) is 1.41. The number of primary amides is 1. The number of hydrogen-bond donors (Lipinski definition) is 1. The summed E-state index contributed by atoms with van der Waals surface area (Å²) < 4.78 is 15.3. The molecule has 0 unspecified atom stereocenters. The highest BCUT2D eigenvalue weighted by molar-refractivity contribution is 6.32. The molecule has 1 rings (SSSR count). The molecule has 2 N–H and O–H groups in total. The highest BCUT2D eigenvalue weighted by Crippen LogP contribution is 2.36. The number of nitrogens with two attached hydrogens (primary N) is 1. The van der Waals surface area contributed by atoms with Crippen molar-refractivity contribution in [2.24, 2.45) is 5.73 Å². The molecular weight excluding hydrogens is 286 g/mol. The molecule has 0 saturated heterocycles. The van der Waals surface area contributed by atoms with E-state index in [1.54, 1.807) is 6.92 Å². The average molecular weight is 302 g/mol. The molecule has 0 heterocycles. The number of hydrogen-bond acceptors (Lipinski definition) is 5. The minimum atomic E-state index is -1.03. The average Bonchev–Trinajstić information content (AvgIpc) is 2.40. The van der Waals surface area contributed by atoms with Gasteiger partial charge in [-0.25, -0.2) is 4.79 Å². The number of benzene rings is 1. The molecule has 1 aromatic carbocycles. The largest absolute Gasteiger partial charge is 0.493 e. The molecule has 0 fully saturated rings. The minimum Gasteiger partial charge on any atom is -0.493 e. The van der Waals surface area contributed by atoms with Crippen molar-refractivity contribution in [3.05, 3.63) is 22.7 Å². The lowest BCUT2D eigenvalue weighted by Crippen LogP contribution is -2.30. The van der Waals surface area contributed by atoms with E-state index in [0.717, 1.165) is 0 Å². The van der Waals surface area contributed by atoms with E-state index in [-0.39, 0.29) is 10.6 Å². The Hall–Kier alpha value is -1.95. The van der Waals surface area contributed by atoms with Crippen molar-refractivity contribution in [1.29, 1.82) is 0 Å². The molecule has 0 aliphatic rings. The van der Waals surface area contributed by atoms with Crippen LogP contribution in [0.4, 0.5) is 0 Å². The van der Waals surface area contributed by atoms with Crippen molar-refractivity contribution in [2.45, 2.75) is 20.0 Å². The number of methoxy groups -OCH3 is 1. The van der Waals surface area contributed by atoms with Crippen LogP contribution in [0.2, 0.25) is 5.02 Å². The summed E-state index contributed by atoms with van der Waals surface area (Å²) in [5, 5.41) is 0.213. The van der Waals surface area contributed by atoms with Crippen LogP contribution in [0.5, 0.6) is 11.5 Å². The number of halogens is 1. The molecule has 0 saturated carbocycles. The lowest BCUT2D eigenvalue weighted by Gasteiger charge is -2.14. The quantitative estimate of drug-likeness (QED) is 0.809. The van der Waals surface area contributed by atoms with Crippen molar-refractivity contribution in [1.82, 2.24) is 0 Å². The van der Waals surface area contributed by atoms with Crippen LogP contribution in [0, 0.1) is 0 Å². The molecule has 1 atom stereocenters. The van der Waals surface area contributed by atoms with Crippen LogP contribution in [-0.4, -0.2) is 31.7 Å². The first-order chi connectivity index (χ1) is 9.40. The number of amides is 1. The van der Waals surface area contributed by atoms with Gasteiger partial charge in [0.05, 0.1) is 24.3 Å². The van der Waals surface area contributed by atoms with Crippen molar-refractivity contribution < 1.29 is 23.8 Å². The molecule has 20 heavy (non-hydrogen) atoms. The second-order valence-corrected chi connectivity index (χ2v) is 4.28. The summed E-state index contributed by atoms with van der Waals surface area (Å²) in [5.74, 6) is -0.809. The maximum atomic E-state index is 11.9. The monoisotopic (exact) mass is 301 g/mol. The van der Waals surface area contributed by atoms with E-state index in [1.165, 1.54) is 26.2 Å². The summed E-state index contributed by atoms with van der Waals surface area (Å²) in [6.45, 7) is 3.58. The zero-order valence-electron chi connectivity index (χ0n) is 11.4. The van der Waals surface area contributed by atoms with Gasteiger partial charge in [0.25, 0.3) is 5.91 Å². The molecule has 0 spiro atoms. The predicted molar refractivity (Wildman–Crippen MR) is 73.2 cm³/mol. The Kier molecular flexibility index (Phi) is 5.64. The zero-order chi connectivity index (χ0) is 15.3. The Morgan fingerprint density at radius 2 is 2.05 bits per heavy atom. The third kappa shape index (κ3) is 3.77. The van der Waals surface area contributed by atoms with E-state index in [1.807, 2.05) is 0 Å². The summed E-state index contributed by atoms with van der Waals surface area (Å²) in [7, 11) is 1.43. The van der Waals surface area contributed by atoms with Crippen molar-refractivity contribution in [3.8, 4) is 11.5 Å². The van der Waals surface area contributed by atoms with Crippen LogP contribution in [0.1, 0.15) is 24.2 Å². The Morgan fingerprint density at radius 1 is 1.40 bits per heavy atom. The SMILES string of the molecule is CCOc1c(Cl)cc(C(=O)O[C@H](C)C(N)=O)cc1OC. The van der Waals surface area contributed by atoms with Crippen LogP contribution < -0.4 is 15.2 Å². The van der Waals surface area contributed by atoms with Gasteiger partial charge in [-0.2, -0.15) is 0 Å². The molecular formula is C13H16ClNO5. The summed E-state index contributed by atoms with van der Waals surface area (Å²) in [4.78, 5) is 22.7. The van der Waals surface area contributed by atoms with Crippen molar-refractivity contribution in [2.75, 3.05) is 13.7 Å². The molecule has 0 aliphatic carbocycles. The summed E-state index contributed by atoms with van der Waals surface area (Å²) in [6, 6.07) is 2.80. The van der Waals surface area contributed by atoms with E-state index in [2.05, 4.69) is 0 Å². The van der Waals surface area contributed by atoms with Gasteiger partial charge >= 0.3 is 5.97 Å². The summed E-state index contributed by atoms with van der Waals surface area (Å²) in [5.41, 5.74) is 5.17. The molecule has 0 radical (unpaired) electrons. The van der Waals surface area contributed by atoms with Gasteiger partial charge in [-0.15, -0.1) is 0 Å². The zero-order valence-corrected chi connectivity index (χ0v) is 12.2. The van der Waals surface area contributed by atoms with Gasteiger partial charge in [0, 0.05) is 0 Å². The highest BCUT2D eigenvalue weighted by atomic mass is 35.5. The van der Waals surface area contributed by atoms with Gasteiger partial charge in [0.1, 0.15) is 0 Å². The van der Waals surface area contributed by atoms with Crippen molar-refractivity contribution >= 4 is 23.5 Å². The minimum absolute atomic E-state index is 0.142. The predicted octanol–water partition coefficient (Wildman–Crippen LogP) is 1.78. The number of esters is 1. The third-order valence-corrected chi connectivity index (χ3v) is 2.72. The number of rotatable bonds is 6. The summed E-state index contributed by atoms with van der Waals surface area (Å²) >= 11 is 6.03. The van der Waals surface area contributed by atoms with Gasteiger partial charge in [-0.1, -0.05) is 11.6 Å². The van der Waals surface area contributed by atoms with E-state index in [4.69, 9.17) is 31.5 Å². The van der Waals surface area contributed by atoms with E-state index in [9.17, 15) is 9.59 Å². The molecule has 0 bridgehead atoms. The Bertz CT molecular complexity index is 518. The normalized spacial score (nSPS) is 11.6. The number of carbonyl (C=O) groups is 2. The maximum Gasteiger partial charge on any atom is 0.339 e. The van der Waals surface area contributed by atoms with Crippen LogP contribution in [0.25, 0.3) is 0 Å². The Labute approximate surface area is 121 Å². The fraction of sp³-hybridized carbons (Fsp3) is 0.385. The van der Waals surface area contributed by atoms with Crippen LogP contribution in [0.15, 0.2) is 12.1 Å². The Morgan fingerprint density at radius 3 is 2.55 bits per heavy atom. The van der Waals surface area contributed by atoms with Gasteiger partial charge in [0.15, 0.2) is 17.6 Å². The van der Waals surface area contributed by atoms with Gasteiger partial charge in [-0.05, 0) is 26.0 Å². The first-order valence-electron chi connectivity index (χ1n) is 5.91. The molecule has 0 aliphatic heterocycles. The van der Waals surface area contributed by atoms with Gasteiger partial charge in [0.2, 0.25) is 0 Å². The number of carbonyl (C=O) groups excluding carboxylic acids is 2. The maximum absolute atomic E-state index is 11.9. The molecule has 110 valence electrons. The van der Waals surface area contributed by atoms with Crippen LogP contribution in [0.3, 0.4) is 0 Å². The summed E-state index contributed by atoms with van der Waals surface area (Å²) in [6.07, 6.45) is -1.03. The van der Waals surface area contributed by atoms with Crippen LogP contribution >= 0.6 is 11.6 Å². The molecule has 1 amide bonds. The van der Waals surface area contributed by atoms with Gasteiger partial charge < -0.3 is 19.9 Å². The van der Waals surface area contributed by atoms with E-state index in [0.29, 0.717) is 18.1 Å². The molecule has 1 aromatic rings. The highest BCUT2D eigenvalue weighted by Gasteiger charge is 2.20. The lowest BCUT2D eigenvalue weighted by atomic mass is 10.2. The van der Waals surface area contributed by atoms with E-state index < -0.39 is 18.0 Å². The second kappa shape index (κ2) is 7.00. The fourth-order valence-corrected chi connectivity index (χ4v) is 1.67. The lowest BCUT2D eigenvalue weighted by molar-refractivity contribution is -0.125. The topological polar surface area (TPSA) is 87.9 Å². The molecule has 6 nitrogen and oxygen atoms in total.